The topological polar surface area (TPSA) is 124 Å². The quantitative estimate of drug-likeness (QED) is 0.354. The molecular formula is C26H23N5O5S. The molecule has 37 heavy (non-hydrogen) atoms. The van der Waals surface area contributed by atoms with Crippen molar-refractivity contribution in [2.24, 2.45) is 0 Å². The largest absolute Gasteiger partial charge is 0.457 e. The molecule has 1 unspecified atom stereocenters. The van der Waals surface area contributed by atoms with E-state index in [1.807, 2.05) is 30.3 Å². The number of carbonyl (C=O) groups is 1. The Morgan fingerprint density at radius 1 is 0.892 bits per heavy atom. The van der Waals surface area contributed by atoms with Crippen molar-refractivity contribution in [3.8, 4) is 11.5 Å². The number of nitrogens with one attached hydrogen (secondary N) is 1. The number of sulfonamides is 1. The molecule has 11 heteroatoms. The van der Waals surface area contributed by atoms with Crippen LogP contribution < -0.4 is 10.2 Å². The van der Waals surface area contributed by atoms with Crippen LogP contribution in [0.2, 0.25) is 0 Å². The summed E-state index contributed by atoms with van der Waals surface area (Å²) in [5, 5.41) is 0. The van der Waals surface area contributed by atoms with Crippen molar-refractivity contribution in [3.63, 3.8) is 0 Å². The number of ether oxygens (including phenoxy) is 1. The first-order chi connectivity index (χ1) is 18.0. The molecule has 1 aliphatic rings. The summed E-state index contributed by atoms with van der Waals surface area (Å²) < 4.78 is 34.2. The van der Waals surface area contributed by atoms with E-state index in [2.05, 4.69) is 20.4 Å². The van der Waals surface area contributed by atoms with Crippen LogP contribution in [0.5, 0.6) is 11.5 Å². The molecule has 0 spiro atoms. The van der Waals surface area contributed by atoms with E-state index in [4.69, 9.17) is 9.57 Å². The molecule has 0 saturated heterocycles. The lowest BCUT2D eigenvalue weighted by molar-refractivity contribution is -0.139. The predicted octanol–water partition coefficient (Wildman–Crippen LogP) is 3.03. The predicted molar refractivity (Wildman–Crippen MR) is 132 cm³/mol. The van der Waals surface area contributed by atoms with Gasteiger partial charge in [-0.05, 0) is 42.0 Å². The Balaban J connectivity index is 1.36. The van der Waals surface area contributed by atoms with Crippen LogP contribution in [0.25, 0.3) is 0 Å². The zero-order valence-corrected chi connectivity index (χ0v) is 20.4. The number of fused-ring (bicyclic) bond motifs is 1. The third-order valence-corrected chi connectivity index (χ3v) is 7.64. The molecule has 5 rings (SSSR count). The van der Waals surface area contributed by atoms with E-state index >= 15 is 0 Å². The van der Waals surface area contributed by atoms with E-state index in [1.54, 1.807) is 36.7 Å². The zero-order chi connectivity index (χ0) is 25.7. The van der Waals surface area contributed by atoms with Crippen molar-refractivity contribution in [1.82, 2.24) is 24.7 Å². The Bertz CT molecular complexity index is 1470. The minimum absolute atomic E-state index is 0.0184. The minimum Gasteiger partial charge on any atom is -0.457 e. The monoisotopic (exact) mass is 517 g/mol. The third-order valence-electron chi connectivity index (χ3n) is 5.77. The number of rotatable bonds is 8. The van der Waals surface area contributed by atoms with Gasteiger partial charge in [0.05, 0.1) is 29.4 Å². The number of hydroxylamine groups is 1. The molecule has 4 aromatic rings. The molecule has 188 valence electrons. The second-order valence-corrected chi connectivity index (χ2v) is 10.1. The van der Waals surface area contributed by atoms with Gasteiger partial charge in [0.25, 0.3) is 5.91 Å². The molecule has 1 atom stereocenters. The summed E-state index contributed by atoms with van der Waals surface area (Å²) in [6.07, 6.45) is 6.27. The minimum atomic E-state index is -4.08. The van der Waals surface area contributed by atoms with Gasteiger partial charge < -0.3 is 4.74 Å². The lowest BCUT2D eigenvalue weighted by Gasteiger charge is -2.33. The maximum atomic E-state index is 13.7. The molecule has 2 aromatic heterocycles. The second kappa shape index (κ2) is 10.8. The lowest BCUT2D eigenvalue weighted by atomic mass is 10.0. The van der Waals surface area contributed by atoms with Crippen LogP contribution in [0.4, 0.5) is 0 Å². The lowest BCUT2D eigenvalue weighted by Crippen LogP contribution is -2.52. The first-order valence-electron chi connectivity index (χ1n) is 11.4. The summed E-state index contributed by atoms with van der Waals surface area (Å²) in [4.78, 5) is 31.0. The second-order valence-electron chi connectivity index (χ2n) is 8.22. The Morgan fingerprint density at radius 2 is 1.57 bits per heavy atom. The van der Waals surface area contributed by atoms with E-state index in [0.717, 1.165) is 9.87 Å². The van der Waals surface area contributed by atoms with Crippen LogP contribution in [0.3, 0.4) is 0 Å². The number of pyridine rings is 1. The molecule has 0 fully saturated rings. The van der Waals surface area contributed by atoms with Crippen LogP contribution in [-0.4, -0.2) is 39.6 Å². The fourth-order valence-electron chi connectivity index (χ4n) is 3.91. The van der Waals surface area contributed by atoms with Gasteiger partial charge in [-0.2, -0.15) is 4.31 Å². The first-order valence-corrected chi connectivity index (χ1v) is 12.9. The highest BCUT2D eigenvalue weighted by molar-refractivity contribution is 7.89. The van der Waals surface area contributed by atoms with Crippen molar-refractivity contribution in [1.29, 1.82) is 0 Å². The van der Waals surface area contributed by atoms with Crippen molar-refractivity contribution in [2.45, 2.75) is 30.5 Å². The van der Waals surface area contributed by atoms with E-state index in [9.17, 15) is 13.2 Å². The fourth-order valence-corrected chi connectivity index (χ4v) is 5.46. The summed E-state index contributed by atoms with van der Waals surface area (Å²) in [5.74, 6) is 0.445. The number of benzene rings is 2. The van der Waals surface area contributed by atoms with Gasteiger partial charge in [0.2, 0.25) is 10.0 Å². The molecule has 1 N–H and O–H groups in total. The molecule has 2 aromatic carbocycles. The number of hydrogen-bond donors (Lipinski definition) is 1. The number of hydrogen-bond acceptors (Lipinski definition) is 8. The van der Waals surface area contributed by atoms with Crippen LogP contribution >= 0.6 is 0 Å². The molecule has 0 radical (unpaired) electrons. The molecule has 0 saturated carbocycles. The average Bonchev–Trinajstić information content (AvgIpc) is 2.94. The van der Waals surface area contributed by atoms with Crippen molar-refractivity contribution >= 4 is 15.9 Å². The smallest absolute Gasteiger partial charge is 0.262 e. The molecule has 1 aliphatic heterocycles. The zero-order valence-electron chi connectivity index (χ0n) is 19.6. The third kappa shape index (κ3) is 5.64. The summed E-state index contributed by atoms with van der Waals surface area (Å²) in [7, 11) is -4.08. The van der Waals surface area contributed by atoms with Crippen LogP contribution in [-0.2, 0) is 39.2 Å². The highest BCUT2D eigenvalue weighted by Crippen LogP contribution is 2.29. The van der Waals surface area contributed by atoms with Gasteiger partial charge in [0.15, 0.2) is 0 Å². The Morgan fingerprint density at radius 3 is 2.30 bits per heavy atom. The van der Waals surface area contributed by atoms with Gasteiger partial charge >= 0.3 is 0 Å². The average molecular weight is 518 g/mol. The highest BCUT2D eigenvalue weighted by Gasteiger charge is 2.41. The molecule has 1 amide bonds. The first kappa shape index (κ1) is 24.5. The Kier molecular flexibility index (Phi) is 7.17. The normalized spacial score (nSPS) is 15.5. The number of aromatic nitrogens is 3. The van der Waals surface area contributed by atoms with Gasteiger partial charge in [-0.3, -0.25) is 24.6 Å². The summed E-state index contributed by atoms with van der Waals surface area (Å²) >= 11 is 0. The Hall–Kier alpha value is -4.19. The highest BCUT2D eigenvalue weighted by atomic mass is 32.2. The summed E-state index contributed by atoms with van der Waals surface area (Å²) in [6.45, 7) is 0.0406. The maximum Gasteiger partial charge on any atom is 0.262 e. The van der Waals surface area contributed by atoms with Crippen LogP contribution in [0.15, 0.2) is 96.4 Å². The number of amides is 1. The molecule has 0 bridgehead atoms. The van der Waals surface area contributed by atoms with E-state index < -0.39 is 22.0 Å². The summed E-state index contributed by atoms with van der Waals surface area (Å²) in [6, 6.07) is 17.6. The summed E-state index contributed by atoms with van der Waals surface area (Å²) in [5.41, 5.74) is 4.33. The van der Waals surface area contributed by atoms with Gasteiger partial charge in [0, 0.05) is 31.2 Å². The van der Waals surface area contributed by atoms with Crippen molar-refractivity contribution in [2.75, 3.05) is 0 Å². The molecule has 10 nitrogen and oxygen atoms in total. The van der Waals surface area contributed by atoms with Crippen molar-refractivity contribution < 1.29 is 22.8 Å². The van der Waals surface area contributed by atoms with E-state index in [1.165, 1.54) is 24.5 Å². The standard InChI is InChI=1S/C26H23N5O5S/c32-26(30-35-18-19-4-2-1-3-5-19)25-16-23-24(29-15-14-28-23)17-31(25)37(33,34)22-8-6-20(7-9-22)36-21-10-12-27-13-11-21/h1-15,25H,16-18H2,(H,30,32). The van der Waals surface area contributed by atoms with Gasteiger partial charge in [-0.25, -0.2) is 13.9 Å². The van der Waals surface area contributed by atoms with Crippen molar-refractivity contribution in [3.05, 3.63) is 108 Å². The SMILES string of the molecule is O=C(NOCc1ccccc1)C1Cc2nccnc2CN1S(=O)(=O)c1ccc(Oc2ccncc2)cc1. The molecule has 0 aliphatic carbocycles. The van der Waals surface area contributed by atoms with Gasteiger partial charge in [-0.15, -0.1) is 0 Å². The van der Waals surface area contributed by atoms with E-state index in [0.29, 0.717) is 22.9 Å². The van der Waals surface area contributed by atoms with Gasteiger partial charge in [-0.1, -0.05) is 30.3 Å². The van der Waals surface area contributed by atoms with E-state index in [-0.39, 0.29) is 24.5 Å². The van der Waals surface area contributed by atoms with Crippen LogP contribution in [0, 0.1) is 0 Å². The van der Waals surface area contributed by atoms with Crippen LogP contribution in [0.1, 0.15) is 17.0 Å². The number of nitrogens with zero attached hydrogens (tertiary/aromatic N) is 4. The maximum absolute atomic E-state index is 13.7. The number of carbonyl (C=O) groups excluding carboxylic acids is 1. The van der Waals surface area contributed by atoms with Gasteiger partial charge in [0.1, 0.15) is 17.5 Å². The fraction of sp³-hybridized carbons (Fsp3) is 0.154. The molecule has 3 heterocycles. The molecular weight excluding hydrogens is 494 g/mol. The Labute approximate surface area is 213 Å².